The molecule has 0 aliphatic carbocycles. The number of azo groups is 2. The van der Waals surface area contributed by atoms with E-state index < -0.39 is 0 Å². The zero-order chi connectivity index (χ0) is 15.9. The van der Waals surface area contributed by atoms with Crippen LogP contribution in [0.25, 0.3) is 0 Å². The van der Waals surface area contributed by atoms with Gasteiger partial charge in [-0.3, -0.25) is 0 Å². The van der Waals surface area contributed by atoms with Crippen LogP contribution in [0.5, 0.6) is 0 Å². The van der Waals surface area contributed by atoms with Gasteiger partial charge in [0.2, 0.25) is 0 Å². The highest BCUT2D eigenvalue weighted by Crippen LogP contribution is 2.23. The third kappa shape index (κ3) is 4.41. The molecule has 0 spiro atoms. The van der Waals surface area contributed by atoms with Gasteiger partial charge in [-0.2, -0.15) is 20.5 Å². The van der Waals surface area contributed by atoms with Crippen molar-refractivity contribution in [2.75, 3.05) is 0 Å². The molecule has 112 valence electrons. The van der Waals surface area contributed by atoms with Gasteiger partial charge in [-0.05, 0) is 55.5 Å². The molecule has 0 fully saturated rings. The third-order valence-electron chi connectivity index (χ3n) is 3.20. The lowest BCUT2D eigenvalue weighted by atomic mass is 10.2. The Balaban J connectivity index is 1.67. The maximum atomic E-state index is 4.22. The van der Waals surface area contributed by atoms with E-state index >= 15 is 0 Å². The van der Waals surface area contributed by atoms with E-state index in [4.69, 9.17) is 0 Å². The summed E-state index contributed by atoms with van der Waals surface area (Å²) in [4.78, 5) is 0. The van der Waals surface area contributed by atoms with E-state index in [9.17, 15) is 0 Å². The summed E-state index contributed by atoms with van der Waals surface area (Å²) >= 11 is 0. The molecule has 0 bridgehead atoms. The highest BCUT2D eigenvalue weighted by molar-refractivity contribution is 5.48. The standard InChI is InChI=1S/C19H16N4/c1-15-7-9-17(10-8-15)21-23-19-13-11-18(12-14-19)22-20-16-5-3-2-4-6-16/h2-14H,1H3. The molecule has 0 saturated heterocycles. The van der Waals surface area contributed by atoms with Gasteiger partial charge < -0.3 is 0 Å². The van der Waals surface area contributed by atoms with Crippen LogP contribution in [0.1, 0.15) is 5.56 Å². The van der Waals surface area contributed by atoms with Gasteiger partial charge in [-0.1, -0.05) is 35.9 Å². The predicted molar refractivity (Wildman–Crippen MR) is 92.4 cm³/mol. The fourth-order valence-electron chi connectivity index (χ4n) is 1.92. The first-order chi connectivity index (χ1) is 11.3. The van der Waals surface area contributed by atoms with Crippen molar-refractivity contribution in [3.8, 4) is 0 Å². The van der Waals surface area contributed by atoms with Crippen LogP contribution < -0.4 is 0 Å². The highest BCUT2D eigenvalue weighted by atomic mass is 15.1. The minimum atomic E-state index is 0.781. The Kier molecular flexibility index (Phi) is 4.64. The van der Waals surface area contributed by atoms with Gasteiger partial charge in [0.05, 0.1) is 22.7 Å². The Morgan fingerprint density at radius 1 is 0.435 bits per heavy atom. The van der Waals surface area contributed by atoms with Crippen molar-refractivity contribution >= 4 is 22.7 Å². The lowest BCUT2D eigenvalue weighted by Crippen LogP contribution is -1.68. The minimum Gasteiger partial charge on any atom is -0.151 e. The molecule has 0 amide bonds. The maximum Gasteiger partial charge on any atom is 0.0858 e. The van der Waals surface area contributed by atoms with E-state index in [-0.39, 0.29) is 0 Å². The molecular formula is C19H16N4. The Morgan fingerprint density at radius 3 is 1.22 bits per heavy atom. The Bertz CT molecular complexity index is 804. The molecule has 23 heavy (non-hydrogen) atoms. The van der Waals surface area contributed by atoms with Crippen molar-refractivity contribution in [1.29, 1.82) is 0 Å². The van der Waals surface area contributed by atoms with Gasteiger partial charge in [0.25, 0.3) is 0 Å². The van der Waals surface area contributed by atoms with Gasteiger partial charge in [0.1, 0.15) is 0 Å². The van der Waals surface area contributed by atoms with Crippen LogP contribution >= 0.6 is 0 Å². The smallest absolute Gasteiger partial charge is 0.0858 e. The average Bonchev–Trinajstić information content (AvgIpc) is 2.61. The molecule has 0 aliphatic rings. The largest absolute Gasteiger partial charge is 0.151 e. The van der Waals surface area contributed by atoms with Crippen LogP contribution in [0.15, 0.2) is 99.3 Å². The summed E-state index contributed by atoms with van der Waals surface area (Å²) in [7, 11) is 0. The van der Waals surface area contributed by atoms with Crippen LogP contribution in [-0.4, -0.2) is 0 Å². The molecule has 3 aromatic carbocycles. The zero-order valence-electron chi connectivity index (χ0n) is 12.8. The Morgan fingerprint density at radius 2 is 0.783 bits per heavy atom. The van der Waals surface area contributed by atoms with Crippen molar-refractivity contribution < 1.29 is 0 Å². The van der Waals surface area contributed by atoms with E-state index in [2.05, 4.69) is 20.5 Å². The quantitative estimate of drug-likeness (QED) is 0.474. The monoisotopic (exact) mass is 300 g/mol. The minimum absolute atomic E-state index is 0.781. The second-order valence-electron chi connectivity index (χ2n) is 5.09. The fourth-order valence-corrected chi connectivity index (χ4v) is 1.92. The second kappa shape index (κ2) is 7.22. The van der Waals surface area contributed by atoms with Crippen LogP contribution in [-0.2, 0) is 0 Å². The van der Waals surface area contributed by atoms with Crippen LogP contribution in [0.4, 0.5) is 22.7 Å². The SMILES string of the molecule is Cc1ccc(N=Nc2ccc(N=Nc3ccccc3)cc2)cc1. The second-order valence-corrected chi connectivity index (χ2v) is 5.09. The number of benzene rings is 3. The number of hydrogen-bond acceptors (Lipinski definition) is 4. The number of rotatable bonds is 4. The average molecular weight is 300 g/mol. The van der Waals surface area contributed by atoms with E-state index in [1.165, 1.54) is 5.56 Å². The van der Waals surface area contributed by atoms with Gasteiger partial charge in [-0.25, -0.2) is 0 Å². The summed E-state index contributed by atoms with van der Waals surface area (Å²) in [6.07, 6.45) is 0. The molecule has 0 aromatic heterocycles. The molecular weight excluding hydrogens is 284 g/mol. The molecule has 4 nitrogen and oxygen atoms in total. The molecule has 3 rings (SSSR count). The number of hydrogen-bond donors (Lipinski definition) is 0. The summed E-state index contributed by atoms with van der Waals surface area (Å²) in [5.41, 5.74) is 4.43. The van der Waals surface area contributed by atoms with Gasteiger partial charge >= 0.3 is 0 Å². The van der Waals surface area contributed by atoms with Crippen LogP contribution in [0.2, 0.25) is 0 Å². The van der Waals surface area contributed by atoms with Crippen LogP contribution in [0.3, 0.4) is 0 Å². The lowest BCUT2D eigenvalue weighted by molar-refractivity contribution is 1.21. The topological polar surface area (TPSA) is 49.4 Å². The summed E-state index contributed by atoms with van der Waals surface area (Å²) in [6, 6.07) is 25.0. The highest BCUT2D eigenvalue weighted by Gasteiger charge is 1.93. The normalized spacial score (nSPS) is 11.3. The van der Waals surface area contributed by atoms with E-state index in [0.29, 0.717) is 0 Å². The first-order valence-electron chi connectivity index (χ1n) is 7.35. The molecule has 4 heteroatoms. The van der Waals surface area contributed by atoms with Crippen molar-refractivity contribution in [3.63, 3.8) is 0 Å². The van der Waals surface area contributed by atoms with Crippen LogP contribution in [0, 0.1) is 6.92 Å². The van der Waals surface area contributed by atoms with Crippen molar-refractivity contribution in [1.82, 2.24) is 0 Å². The molecule has 3 aromatic rings. The fraction of sp³-hybridized carbons (Fsp3) is 0.0526. The van der Waals surface area contributed by atoms with Crippen molar-refractivity contribution in [3.05, 3.63) is 84.4 Å². The molecule has 0 saturated carbocycles. The first kappa shape index (κ1) is 14.8. The third-order valence-corrected chi connectivity index (χ3v) is 3.20. The summed E-state index contributed by atoms with van der Waals surface area (Å²) in [5.74, 6) is 0. The summed E-state index contributed by atoms with van der Waals surface area (Å²) < 4.78 is 0. The number of nitrogens with zero attached hydrogens (tertiary/aromatic N) is 4. The molecule has 0 heterocycles. The van der Waals surface area contributed by atoms with Gasteiger partial charge in [0, 0.05) is 0 Å². The van der Waals surface area contributed by atoms with E-state index in [1.807, 2.05) is 85.8 Å². The zero-order valence-corrected chi connectivity index (χ0v) is 12.8. The first-order valence-corrected chi connectivity index (χ1v) is 7.35. The molecule has 0 unspecified atom stereocenters. The summed E-state index contributed by atoms with van der Waals surface area (Å²) in [6.45, 7) is 2.05. The van der Waals surface area contributed by atoms with Crippen molar-refractivity contribution in [2.45, 2.75) is 6.92 Å². The lowest BCUT2D eigenvalue weighted by Gasteiger charge is -1.96. The Hall–Kier alpha value is -3.14. The van der Waals surface area contributed by atoms with Gasteiger partial charge in [0.15, 0.2) is 0 Å². The summed E-state index contributed by atoms with van der Waals surface area (Å²) in [5, 5.41) is 16.8. The molecule has 0 N–H and O–H groups in total. The molecule has 0 atom stereocenters. The van der Waals surface area contributed by atoms with Crippen molar-refractivity contribution in [2.24, 2.45) is 20.5 Å². The molecule has 0 aliphatic heterocycles. The number of aryl methyl sites for hydroxylation is 1. The predicted octanol–water partition coefficient (Wildman–Crippen LogP) is 6.83. The van der Waals surface area contributed by atoms with E-state index in [1.54, 1.807) is 0 Å². The Labute approximate surface area is 135 Å². The maximum absolute atomic E-state index is 4.22. The van der Waals surface area contributed by atoms with Gasteiger partial charge in [-0.15, -0.1) is 0 Å². The molecule has 0 radical (unpaired) electrons. The van der Waals surface area contributed by atoms with E-state index in [0.717, 1.165) is 22.7 Å².